The van der Waals surface area contributed by atoms with Crippen molar-refractivity contribution in [1.29, 1.82) is 0 Å². The van der Waals surface area contributed by atoms with Crippen LogP contribution in [0.2, 0.25) is 0 Å². The zero-order chi connectivity index (χ0) is 46.7. The molecule has 5 atom stereocenters. The highest BCUT2D eigenvalue weighted by molar-refractivity contribution is 6.00. The van der Waals surface area contributed by atoms with Crippen LogP contribution >= 0.6 is 0 Å². The van der Waals surface area contributed by atoms with Gasteiger partial charge in [-0.15, -0.1) is 0 Å². The molecule has 2 saturated carbocycles. The maximum atomic E-state index is 16.3. The average molecular weight is 925 g/mol. The normalized spacial score (nSPS) is 23.8. The number of carbonyl (C=O) groups excluding carboxylic acids is 1. The van der Waals surface area contributed by atoms with Gasteiger partial charge in [0.1, 0.15) is 28.4 Å². The number of H-pyrrole nitrogens is 1. The van der Waals surface area contributed by atoms with Gasteiger partial charge in [0, 0.05) is 61.0 Å². The summed E-state index contributed by atoms with van der Waals surface area (Å²) in [6.07, 6.45) is 11.1. The molecule has 8 aromatic rings. The number of imidazole rings is 1. The van der Waals surface area contributed by atoms with E-state index in [-0.39, 0.29) is 45.9 Å². The van der Waals surface area contributed by atoms with Gasteiger partial charge in [0.25, 0.3) is 5.91 Å². The van der Waals surface area contributed by atoms with Crippen molar-refractivity contribution in [3.8, 4) is 17.2 Å². The fraction of sp³-hybridized carbons (Fsp3) is 0.400. The maximum absolute atomic E-state index is 16.3. The van der Waals surface area contributed by atoms with Gasteiger partial charge in [-0.25, -0.2) is 27.4 Å². The van der Waals surface area contributed by atoms with E-state index in [9.17, 15) is 9.59 Å². The number of halogens is 3. The van der Waals surface area contributed by atoms with Gasteiger partial charge in [-0.3, -0.25) is 28.1 Å². The third kappa shape index (κ3) is 5.81. The number of rotatable bonds is 7. The number of nitrogens with zero attached hydrogens (tertiary/aromatic N) is 9. The minimum atomic E-state index is -0.870. The minimum Gasteiger partial charge on any atom is -0.375 e. The van der Waals surface area contributed by atoms with Gasteiger partial charge in [-0.05, 0) is 124 Å². The molecule has 348 valence electrons. The number of aromatic nitrogens is 9. The first-order chi connectivity index (χ1) is 32.7. The quantitative estimate of drug-likeness (QED) is 0.169. The van der Waals surface area contributed by atoms with Gasteiger partial charge in [0.15, 0.2) is 17.5 Å². The van der Waals surface area contributed by atoms with E-state index >= 15 is 18.0 Å². The largest absolute Gasteiger partial charge is 0.438 e. The number of nitrogens with one attached hydrogen (secondary N) is 1. The Hall–Kier alpha value is -6.95. The summed E-state index contributed by atoms with van der Waals surface area (Å²) >= 11 is 0. The summed E-state index contributed by atoms with van der Waals surface area (Å²) in [7, 11) is 1.51. The molecule has 2 saturated heterocycles. The van der Waals surface area contributed by atoms with E-state index in [1.807, 2.05) is 11.0 Å². The van der Waals surface area contributed by atoms with Gasteiger partial charge in [-0.2, -0.15) is 10.2 Å². The molecule has 13 rings (SSSR count). The highest BCUT2D eigenvalue weighted by atomic mass is 19.1. The van der Waals surface area contributed by atoms with Crippen LogP contribution in [0.15, 0.2) is 75.2 Å². The molecule has 3 aromatic carbocycles. The van der Waals surface area contributed by atoms with Gasteiger partial charge in [0.05, 0.1) is 40.3 Å². The van der Waals surface area contributed by atoms with Crippen molar-refractivity contribution in [3.05, 3.63) is 139 Å². The number of amides is 1. The molecular formula is C50H47F3N10O5. The van der Waals surface area contributed by atoms with E-state index in [1.165, 1.54) is 40.5 Å². The first-order valence-electron chi connectivity index (χ1n) is 23.4. The molecule has 4 fully saturated rings. The van der Waals surface area contributed by atoms with Crippen molar-refractivity contribution >= 4 is 27.7 Å². The van der Waals surface area contributed by atoms with Crippen LogP contribution in [-0.4, -0.2) is 72.5 Å². The van der Waals surface area contributed by atoms with Crippen molar-refractivity contribution < 1.29 is 27.2 Å². The fourth-order valence-electron chi connectivity index (χ4n) is 12.3. The SMILES string of the molecule is Cc1cc(-n2nc3c(c2-n2ccn(-c4cc(F)c5c(cnn5C)c4F)c2=O)[C@@H]2CCC[C@H](C3)N2C(=O)c2cc3cc(C4CCOC5(CC5)C4)ccc3n2[C@@]2(c3noc(=O)[nH]3)C[C@@H]2C)cc(C)c1F. The summed E-state index contributed by atoms with van der Waals surface area (Å²) < 4.78 is 65.7. The summed E-state index contributed by atoms with van der Waals surface area (Å²) in [5.41, 5.74) is 3.07. The molecule has 8 heterocycles. The van der Waals surface area contributed by atoms with E-state index < -0.39 is 34.7 Å². The van der Waals surface area contributed by atoms with Crippen LogP contribution < -0.4 is 11.4 Å². The number of hydrogen-bond donors (Lipinski definition) is 1. The van der Waals surface area contributed by atoms with Crippen LogP contribution in [0.3, 0.4) is 0 Å². The third-order valence-electron chi connectivity index (χ3n) is 15.9. The van der Waals surface area contributed by atoms with Crippen molar-refractivity contribution in [2.24, 2.45) is 13.0 Å². The fourth-order valence-corrected chi connectivity index (χ4v) is 12.3. The molecule has 18 heteroatoms. The topological polar surface area (TPSA) is 156 Å². The Bertz CT molecular complexity index is 3560. The van der Waals surface area contributed by atoms with Crippen molar-refractivity contribution in [2.75, 3.05) is 6.61 Å². The summed E-state index contributed by atoms with van der Waals surface area (Å²) in [4.78, 5) is 48.1. The molecule has 1 spiro atoms. The third-order valence-corrected chi connectivity index (χ3v) is 15.9. The number of aromatic amines is 1. The van der Waals surface area contributed by atoms with Crippen LogP contribution in [0.5, 0.6) is 0 Å². The van der Waals surface area contributed by atoms with Crippen LogP contribution in [-0.2, 0) is 23.7 Å². The standard InChI is InChI=1S/C50H47F3N10O5/c1-25-16-32(17-26(2)41(25)52)63-44(60-14-13-59(48(60)66)38-21-34(51)43-33(42(38)53)24-54-58(43)4)40-35(56-63)20-31-6-5-7-37(40)61(31)45(64)39-19-30-18-28(29-10-15-67-49(23-29)11-12-49)8-9-36(30)62(39)50(22-27(50)3)46-55-47(65)68-57-46/h8-9,13-14,16-19,21,24,27,29,31,37H,5-7,10-12,15,20,22-23H2,1-4H3,(H,55,57,65)/t27-,29?,31+,37-,50-/m0/s1. The number of benzene rings is 3. The van der Waals surface area contributed by atoms with E-state index in [2.05, 4.69) is 44.9 Å². The lowest BCUT2D eigenvalue weighted by Gasteiger charge is -2.46. The second-order valence-electron chi connectivity index (χ2n) is 19.9. The maximum Gasteiger partial charge on any atom is 0.438 e. The smallest absolute Gasteiger partial charge is 0.375 e. The average Bonchev–Trinajstić information content (AvgIpc) is 3.73. The monoisotopic (exact) mass is 924 g/mol. The molecule has 2 bridgehead atoms. The van der Waals surface area contributed by atoms with Gasteiger partial charge in [0.2, 0.25) is 0 Å². The molecule has 0 radical (unpaired) electrons. The van der Waals surface area contributed by atoms with E-state index in [4.69, 9.17) is 14.4 Å². The van der Waals surface area contributed by atoms with E-state index in [1.54, 1.807) is 30.7 Å². The number of fused-ring (bicyclic) bond motifs is 6. The lowest BCUT2D eigenvalue weighted by Crippen LogP contribution is -2.50. The summed E-state index contributed by atoms with van der Waals surface area (Å²) in [6, 6.07) is 11.9. The predicted octanol–water partition coefficient (Wildman–Crippen LogP) is 7.87. The second-order valence-corrected chi connectivity index (χ2v) is 19.9. The van der Waals surface area contributed by atoms with Crippen LogP contribution in [0, 0.1) is 37.2 Å². The van der Waals surface area contributed by atoms with Crippen molar-refractivity contribution in [3.63, 3.8) is 0 Å². The molecular weight excluding hydrogens is 878 g/mol. The molecule has 68 heavy (non-hydrogen) atoms. The highest BCUT2D eigenvalue weighted by Gasteiger charge is 2.59. The zero-order valence-corrected chi connectivity index (χ0v) is 37.9. The van der Waals surface area contributed by atoms with E-state index in [0.717, 1.165) is 53.6 Å². The Balaban J connectivity index is 0.982. The Kier molecular flexibility index (Phi) is 8.67. The van der Waals surface area contributed by atoms with Crippen LogP contribution in [0.25, 0.3) is 39.0 Å². The number of piperidine rings is 1. The molecule has 2 aliphatic carbocycles. The molecule has 1 amide bonds. The van der Waals surface area contributed by atoms with Gasteiger partial charge < -0.3 is 14.2 Å². The molecule has 1 unspecified atom stereocenters. The Morgan fingerprint density at radius 2 is 1.72 bits per heavy atom. The minimum absolute atomic E-state index is 0.0108. The number of hydrogen-bond acceptors (Lipinski definition) is 8. The summed E-state index contributed by atoms with van der Waals surface area (Å²) in [6.45, 7) is 6.10. The summed E-state index contributed by atoms with van der Waals surface area (Å²) in [5.74, 6) is -1.88. The van der Waals surface area contributed by atoms with E-state index in [0.29, 0.717) is 83.6 Å². The lowest BCUT2D eigenvalue weighted by atomic mass is 9.82. The Labute approximate surface area is 385 Å². The molecule has 5 aromatic heterocycles. The molecule has 5 aliphatic rings. The second kappa shape index (κ2) is 14.3. The van der Waals surface area contributed by atoms with Gasteiger partial charge >= 0.3 is 11.4 Å². The molecule has 15 nitrogen and oxygen atoms in total. The first kappa shape index (κ1) is 41.3. The first-order valence-corrected chi connectivity index (χ1v) is 23.4. The van der Waals surface area contributed by atoms with Crippen molar-refractivity contribution in [2.45, 2.75) is 108 Å². The molecule has 1 N–H and O–H groups in total. The van der Waals surface area contributed by atoms with Crippen LogP contribution in [0.1, 0.15) is 115 Å². The number of carbonyl (C=O) groups is 1. The lowest BCUT2D eigenvalue weighted by molar-refractivity contribution is -0.0132. The highest BCUT2D eigenvalue weighted by Crippen LogP contribution is 2.57. The van der Waals surface area contributed by atoms with Crippen LogP contribution in [0.4, 0.5) is 13.2 Å². The molecule has 3 aliphatic heterocycles. The zero-order valence-electron chi connectivity index (χ0n) is 37.9. The Morgan fingerprint density at radius 3 is 2.46 bits per heavy atom. The number of ether oxygens (including phenoxy) is 1. The number of aryl methyl sites for hydroxylation is 3. The Morgan fingerprint density at radius 1 is 0.941 bits per heavy atom. The summed E-state index contributed by atoms with van der Waals surface area (Å²) in [5, 5.41) is 14.2. The predicted molar refractivity (Wildman–Crippen MR) is 242 cm³/mol. The van der Waals surface area contributed by atoms with Gasteiger partial charge in [-0.1, -0.05) is 18.1 Å². The van der Waals surface area contributed by atoms with Crippen molar-refractivity contribution in [1.82, 2.24) is 48.3 Å².